The third-order valence-corrected chi connectivity index (χ3v) is 4.95. The minimum absolute atomic E-state index is 0.343. The fourth-order valence-corrected chi connectivity index (χ4v) is 3.99. The summed E-state index contributed by atoms with van der Waals surface area (Å²) in [4.78, 5) is 23.2. The van der Waals surface area contributed by atoms with E-state index in [2.05, 4.69) is 42.4 Å². The highest BCUT2D eigenvalue weighted by Crippen LogP contribution is 2.34. The van der Waals surface area contributed by atoms with Crippen LogP contribution in [0.25, 0.3) is 5.69 Å². The largest absolute Gasteiger partial charge is 0.480 e. The Morgan fingerprint density at radius 3 is 2.41 bits per heavy atom. The molecule has 0 bridgehead atoms. The van der Waals surface area contributed by atoms with Gasteiger partial charge < -0.3 is 14.4 Å². The van der Waals surface area contributed by atoms with Crippen molar-refractivity contribution in [2.75, 3.05) is 6.61 Å². The molecule has 3 rings (SSSR count). The van der Waals surface area contributed by atoms with Crippen molar-refractivity contribution in [3.63, 3.8) is 0 Å². The molecule has 1 aromatic heterocycles. The number of rotatable bonds is 7. The van der Waals surface area contributed by atoms with E-state index < -0.39 is 12.6 Å². The molecule has 0 fully saturated rings. The molecule has 0 unspecified atom stereocenters. The number of carboxylic acid groups (broad SMARTS) is 1. The van der Waals surface area contributed by atoms with Crippen LogP contribution in [0, 0.1) is 0 Å². The van der Waals surface area contributed by atoms with Crippen LogP contribution in [-0.4, -0.2) is 34.4 Å². The molecule has 1 heterocycles. The van der Waals surface area contributed by atoms with Crippen molar-refractivity contribution in [2.45, 2.75) is 0 Å². The van der Waals surface area contributed by atoms with Crippen LogP contribution in [0.4, 0.5) is 0 Å². The normalized spacial score (nSPS) is 10.8. The standard InChI is InChI=1S/C20H15Br2N3O4/c21-15-9-13(10-16(22)19(15)29-12-18(26)27)11-23-24-20(28)14-5-1-2-6-17(14)25-7-3-4-8-25/h1-11H,12H2,(H,24,28)(H,26,27). The Labute approximate surface area is 183 Å². The van der Waals surface area contributed by atoms with Crippen molar-refractivity contribution < 1.29 is 19.4 Å². The van der Waals surface area contributed by atoms with Gasteiger partial charge in [0.05, 0.1) is 26.4 Å². The number of ether oxygens (including phenoxy) is 1. The predicted molar refractivity (Wildman–Crippen MR) is 116 cm³/mol. The van der Waals surface area contributed by atoms with Crippen LogP contribution in [0.3, 0.4) is 0 Å². The molecule has 2 aromatic carbocycles. The first-order chi connectivity index (χ1) is 14.0. The lowest BCUT2D eigenvalue weighted by molar-refractivity contribution is -0.139. The molecule has 0 radical (unpaired) electrons. The third kappa shape index (κ3) is 5.33. The maximum atomic E-state index is 12.6. The maximum Gasteiger partial charge on any atom is 0.341 e. The molecule has 7 nitrogen and oxygen atoms in total. The number of nitrogens with one attached hydrogen (secondary N) is 1. The summed E-state index contributed by atoms with van der Waals surface area (Å²) >= 11 is 6.68. The molecule has 29 heavy (non-hydrogen) atoms. The molecular weight excluding hydrogens is 506 g/mol. The van der Waals surface area contributed by atoms with E-state index in [0.29, 0.717) is 25.8 Å². The zero-order valence-electron chi connectivity index (χ0n) is 14.9. The van der Waals surface area contributed by atoms with Gasteiger partial charge in [0, 0.05) is 12.4 Å². The highest BCUT2D eigenvalue weighted by atomic mass is 79.9. The number of halogens is 2. The van der Waals surface area contributed by atoms with Crippen molar-refractivity contribution in [2.24, 2.45) is 5.10 Å². The first-order valence-electron chi connectivity index (χ1n) is 8.35. The number of carbonyl (C=O) groups excluding carboxylic acids is 1. The summed E-state index contributed by atoms with van der Waals surface area (Å²) in [6.07, 6.45) is 5.20. The van der Waals surface area contributed by atoms with E-state index in [9.17, 15) is 9.59 Å². The van der Waals surface area contributed by atoms with Gasteiger partial charge in [0.15, 0.2) is 6.61 Å². The molecule has 0 saturated carbocycles. The van der Waals surface area contributed by atoms with Gasteiger partial charge in [-0.05, 0) is 73.8 Å². The van der Waals surface area contributed by atoms with Crippen LogP contribution in [0.2, 0.25) is 0 Å². The highest BCUT2D eigenvalue weighted by Gasteiger charge is 2.12. The van der Waals surface area contributed by atoms with Gasteiger partial charge in [0.2, 0.25) is 0 Å². The number of carbonyl (C=O) groups is 2. The Hall–Kier alpha value is -2.91. The average Bonchev–Trinajstić information content (AvgIpc) is 3.21. The lowest BCUT2D eigenvalue weighted by atomic mass is 10.1. The Kier molecular flexibility index (Phi) is 6.84. The first-order valence-corrected chi connectivity index (χ1v) is 9.93. The zero-order valence-corrected chi connectivity index (χ0v) is 18.1. The highest BCUT2D eigenvalue weighted by molar-refractivity contribution is 9.11. The Morgan fingerprint density at radius 1 is 1.10 bits per heavy atom. The Balaban J connectivity index is 1.72. The zero-order chi connectivity index (χ0) is 20.8. The molecule has 9 heteroatoms. The van der Waals surface area contributed by atoms with Crippen LogP contribution in [0.1, 0.15) is 15.9 Å². The van der Waals surface area contributed by atoms with E-state index in [-0.39, 0.29) is 5.91 Å². The lowest BCUT2D eigenvalue weighted by Crippen LogP contribution is -2.19. The summed E-state index contributed by atoms with van der Waals surface area (Å²) in [5.74, 6) is -1.04. The molecule has 0 spiro atoms. The smallest absolute Gasteiger partial charge is 0.341 e. The molecule has 1 amide bonds. The Morgan fingerprint density at radius 2 is 1.76 bits per heavy atom. The second kappa shape index (κ2) is 9.53. The van der Waals surface area contributed by atoms with Gasteiger partial charge in [0.25, 0.3) is 5.91 Å². The number of hydrogen-bond acceptors (Lipinski definition) is 4. The number of aromatic nitrogens is 1. The van der Waals surface area contributed by atoms with Gasteiger partial charge in [-0.15, -0.1) is 0 Å². The van der Waals surface area contributed by atoms with Gasteiger partial charge >= 0.3 is 5.97 Å². The van der Waals surface area contributed by atoms with E-state index in [0.717, 1.165) is 5.69 Å². The van der Waals surface area contributed by atoms with Gasteiger partial charge in [-0.2, -0.15) is 5.10 Å². The summed E-state index contributed by atoms with van der Waals surface area (Å²) in [6, 6.07) is 14.4. The SMILES string of the molecule is O=C(O)COc1c(Br)cc(C=NNC(=O)c2ccccc2-n2cccc2)cc1Br. The number of amides is 1. The summed E-state index contributed by atoms with van der Waals surface area (Å²) in [5.41, 5.74) is 4.43. The number of benzene rings is 2. The second-order valence-corrected chi connectivity index (χ2v) is 7.51. The molecule has 0 aliphatic rings. The van der Waals surface area contributed by atoms with Crippen LogP contribution in [0.5, 0.6) is 5.75 Å². The molecule has 0 atom stereocenters. The van der Waals surface area contributed by atoms with Crippen LogP contribution < -0.4 is 10.2 Å². The molecular formula is C20H15Br2N3O4. The van der Waals surface area contributed by atoms with E-state index >= 15 is 0 Å². The topological polar surface area (TPSA) is 92.9 Å². The molecule has 148 valence electrons. The van der Waals surface area contributed by atoms with Gasteiger partial charge in [0.1, 0.15) is 5.75 Å². The second-order valence-electron chi connectivity index (χ2n) is 5.80. The van der Waals surface area contributed by atoms with Crippen LogP contribution >= 0.6 is 31.9 Å². The van der Waals surface area contributed by atoms with Crippen LogP contribution in [0.15, 0.2) is 75.0 Å². The average molecular weight is 521 g/mol. The van der Waals surface area contributed by atoms with Gasteiger partial charge in [-0.25, -0.2) is 10.2 Å². The minimum Gasteiger partial charge on any atom is -0.480 e. The fourth-order valence-electron chi connectivity index (χ4n) is 2.54. The van der Waals surface area contributed by atoms with E-state index in [1.165, 1.54) is 6.21 Å². The summed E-state index contributed by atoms with van der Waals surface area (Å²) < 4.78 is 8.18. The summed E-state index contributed by atoms with van der Waals surface area (Å²) in [5, 5.41) is 12.8. The van der Waals surface area contributed by atoms with E-state index in [1.807, 2.05) is 41.2 Å². The van der Waals surface area contributed by atoms with Crippen molar-refractivity contribution >= 4 is 50.0 Å². The third-order valence-electron chi connectivity index (χ3n) is 3.77. The Bertz CT molecular complexity index is 1040. The fraction of sp³-hybridized carbons (Fsp3) is 0.0500. The lowest BCUT2D eigenvalue weighted by Gasteiger charge is -2.10. The van der Waals surface area contributed by atoms with Crippen molar-refractivity contribution in [1.82, 2.24) is 9.99 Å². The number of aliphatic carboxylic acids is 1. The minimum atomic E-state index is -1.07. The number of carboxylic acids is 1. The monoisotopic (exact) mass is 519 g/mol. The number of para-hydroxylation sites is 1. The molecule has 2 N–H and O–H groups in total. The van der Waals surface area contributed by atoms with Crippen molar-refractivity contribution in [3.8, 4) is 11.4 Å². The quantitative estimate of drug-likeness (QED) is 0.360. The van der Waals surface area contributed by atoms with Crippen molar-refractivity contribution in [3.05, 3.63) is 81.0 Å². The molecule has 0 aliphatic carbocycles. The number of hydrogen-bond donors (Lipinski definition) is 2. The number of hydrazone groups is 1. The van der Waals surface area contributed by atoms with Gasteiger partial charge in [-0.3, -0.25) is 4.79 Å². The van der Waals surface area contributed by atoms with Gasteiger partial charge in [-0.1, -0.05) is 12.1 Å². The summed E-state index contributed by atoms with van der Waals surface area (Å²) in [7, 11) is 0. The number of nitrogens with zero attached hydrogens (tertiary/aromatic N) is 2. The van der Waals surface area contributed by atoms with Crippen LogP contribution in [-0.2, 0) is 4.79 Å². The predicted octanol–water partition coefficient (Wildman–Crippen LogP) is 4.23. The van der Waals surface area contributed by atoms with Crippen molar-refractivity contribution in [1.29, 1.82) is 0 Å². The molecule has 3 aromatic rings. The summed E-state index contributed by atoms with van der Waals surface area (Å²) in [6.45, 7) is -0.457. The maximum absolute atomic E-state index is 12.6. The van der Waals surface area contributed by atoms with E-state index in [4.69, 9.17) is 9.84 Å². The van der Waals surface area contributed by atoms with E-state index in [1.54, 1.807) is 24.3 Å². The molecule has 0 aliphatic heterocycles. The first kappa shape index (κ1) is 20.8. The molecule has 0 saturated heterocycles.